The number of carbonyl (C=O) groups excluding carboxylic acids is 2. The maximum Gasteiger partial charge on any atom is 0.312 e. The molecule has 1 saturated heterocycles. The number of benzene rings is 2. The summed E-state index contributed by atoms with van der Waals surface area (Å²) in [5.41, 5.74) is 0.789. The quantitative estimate of drug-likeness (QED) is 0.582. The summed E-state index contributed by atoms with van der Waals surface area (Å²) in [6.07, 6.45) is -1.24. The molecule has 1 unspecified atom stereocenters. The van der Waals surface area contributed by atoms with Crippen LogP contribution in [0.3, 0.4) is 0 Å². The third-order valence-electron chi connectivity index (χ3n) is 5.19. The van der Waals surface area contributed by atoms with Crippen molar-refractivity contribution in [2.24, 2.45) is 11.8 Å². The van der Waals surface area contributed by atoms with Gasteiger partial charge in [-0.05, 0) is 35.9 Å². The first-order valence-corrected chi connectivity index (χ1v) is 9.04. The van der Waals surface area contributed by atoms with Gasteiger partial charge in [0.15, 0.2) is 28.8 Å². The fourth-order valence-electron chi connectivity index (χ4n) is 3.63. The molecule has 0 bridgehead atoms. The van der Waals surface area contributed by atoms with Gasteiger partial charge in [-0.25, -0.2) is 0 Å². The number of hydrogen-bond donors (Lipinski definition) is 1. The highest BCUT2D eigenvalue weighted by molar-refractivity contribution is 6.01. The number of aliphatic hydroxyl groups is 1. The van der Waals surface area contributed by atoms with Crippen molar-refractivity contribution in [3.63, 3.8) is 0 Å². The van der Waals surface area contributed by atoms with Crippen LogP contribution in [0.25, 0.3) is 0 Å². The molecule has 0 amide bonds. The Hall–Kier alpha value is -3.26. The first-order chi connectivity index (χ1) is 14.0. The SMILES string of the molecule is COc1ccc(C(O)[C@@H]2C(=O)OC[C@H]2C(=O)c2ccc3c(c2)OCO3)cc1OC. The van der Waals surface area contributed by atoms with Gasteiger partial charge in [-0.3, -0.25) is 9.59 Å². The lowest BCUT2D eigenvalue weighted by Crippen LogP contribution is -2.29. The van der Waals surface area contributed by atoms with Crippen LogP contribution in [-0.4, -0.2) is 44.5 Å². The molecule has 1 fully saturated rings. The van der Waals surface area contributed by atoms with E-state index in [1.54, 1.807) is 36.4 Å². The molecule has 0 aliphatic carbocycles. The molecule has 0 spiro atoms. The molecule has 4 rings (SSSR count). The van der Waals surface area contributed by atoms with E-state index in [0.717, 1.165) is 0 Å². The van der Waals surface area contributed by atoms with E-state index in [2.05, 4.69) is 0 Å². The summed E-state index contributed by atoms with van der Waals surface area (Å²) in [6.45, 7) is -0.000229. The number of rotatable bonds is 6. The summed E-state index contributed by atoms with van der Waals surface area (Å²) >= 11 is 0. The Bertz CT molecular complexity index is 954. The minimum Gasteiger partial charge on any atom is -0.493 e. The lowest BCUT2D eigenvalue weighted by atomic mass is 9.82. The number of methoxy groups -OCH3 is 2. The van der Waals surface area contributed by atoms with E-state index in [1.807, 2.05) is 0 Å². The summed E-state index contributed by atoms with van der Waals surface area (Å²) in [4.78, 5) is 25.4. The average Bonchev–Trinajstić information content (AvgIpc) is 3.37. The molecular formula is C21H20O8. The zero-order valence-electron chi connectivity index (χ0n) is 15.9. The lowest BCUT2D eigenvalue weighted by molar-refractivity contribution is -0.144. The zero-order chi connectivity index (χ0) is 20.5. The summed E-state index contributed by atoms with van der Waals surface area (Å²) < 4.78 is 26.2. The molecule has 152 valence electrons. The van der Waals surface area contributed by atoms with Gasteiger partial charge in [0.2, 0.25) is 6.79 Å². The van der Waals surface area contributed by atoms with Crippen molar-refractivity contribution >= 4 is 11.8 Å². The second-order valence-corrected chi connectivity index (χ2v) is 6.75. The summed E-state index contributed by atoms with van der Waals surface area (Å²) in [7, 11) is 2.98. The molecule has 0 radical (unpaired) electrons. The van der Waals surface area contributed by atoms with Crippen LogP contribution in [0, 0.1) is 11.8 Å². The highest BCUT2D eigenvalue weighted by Crippen LogP contribution is 2.40. The Morgan fingerprint density at radius 1 is 1.03 bits per heavy atom. The van der Waals surface area contributed by atoms with E-state index < -0.39 is 23.9 Å². The largest absolute Gasteiger partial charge is 0.493 e. The number of hydrogen-bond acceptors (Lipinski definition) is 8. The summed E-state index contributed by atoms with van der Waals surface area (Å²) in [5.74, 6) is -0.859. The van der Waals surface area contributed by atoms with Crippen LogP contribution in [0.1, 0.15) is 22.0 Å². The van der Waals surface area contributed by atoms with Gasteiger partial charge in [0, 0.05) is 5.56 Å². The van der Waals surface area contributed by atoms with Crippen LogP contribution in [0.4, 0.5) is 0 Å². The van der Waals surface area contributed by atoms with Crippen LogP contribution in [-0.2, 0) is 9.53 Å². The zero-order valence-corrected chi connectivity index (χ0v) is 15.9. The van der Waals surface area contributed by atoms with E-state index in [0.29, 0.717) is 34.1 Å². The van der Waals surface area contributed by atoms with Gasteiger partial charge in [-0.1, -0.05) is 6.07 Å². The molecule has 29 heavy (non-hydrogen) atoms. The fraction of sp³-hybridized carbons (Fsp3) is 0.333. The molecule has 1 N–H and O–H groups in total. The van der Waals surface area contributed by atoms with Crippen LogP contribution in [0.15, 0.2) is 36.4 Å². The average molecular weight is 400 g/mol. The highest BCUT2D eigenvalue weighted by atomic mass is 16.7. The molecular weight excluding hydrogens is 380 g/mol. The Labute approximate surface area is 166 Å². The Kier molecular flexibility index (Phi) is 5.02. The molecule has 0 saturated carbocycles. The number of cyclic esters (lactones) is 1. The number of carbonyl (C=O) groups is 2. The smallest absolute Gasteiger partial charge is 0.312 e. The number of ether oxygens (including phenoxy) is 5. The summed E-state index contributed by atoms with van der Waals surface area (Å²) in [5, 5.41) is 10.9. The number of fused-ring (bicyclic) bond motifs is 1. The van der Waals surface area contributed by atoms with Crippen LogP contribution in [0.2, 0.25) is 0 Å². The molecule has 3 atom stereocenters. The highest BCUT2D eigenvalue weighted by Gasteiger charge is 2.46. The standard InChI is InChI=1S/C21H20O8/c1-25-14-5-3-12(7-16(14)26-2)20(23)18-13(9-27-21(18)24)19(22)11-4-6-15-17(8-11)29-10-28-15/h3-8,13,18,20,23H,9-10H2,1-2H3/t13-,18-,20?/m1/s1. The number of ketones is 1. The van der Waals surface area contributed by atoms with Crippen LogP contribution < -0.4 is 18.9 Å². The van der Waals surface area contributed by atoms with E-state index in [1.165, 1.54) is 14.2 Å². The van der Waals surface area contributed by atoms with Crippen molar-refractivity contribution < 1.29 is 38.4 Å². The normalized spacial score (nSPS) is 20.9. The third-order valence-corrected chi connectivity index (χ3v) is 5.19. The lowest BCUT2D eigenvalue weighted by Gasteiger charge is -2.21. The number of Topliss-reactive ketones (excluding diaryl/α,β-unsaturated/α-hetero) is 1. The monoisotopic (exact) mass is 400 g/mol. The molecule has 2 heterocycles. The molecule has 2 aliphatic rings. The predicted molar refractivity (Wildman–Crippen MR) is 99.3 cm³/mol. The van der Waals surface area contributed by atoms with Crippen molar-refractivity contribution in [3.05, 3.63) is 47.5 Å². The van der Waals surface area contributed by atoms with Crippen molar-refractivity contribution in [1.29, 1.82) is 0 Å². The Balaban J connectivity index is 1.62. The first kappa shape index (κ1) is 19.1. The first-order valence-electron chi connectivity index (χ1n) is 9.04. The number of aliphatic hydroxyl groups excluding tert-OH is 1. The van der Waals surface area contributed by atoms with Gasteiger partial charge in [-0.2, -0.15) is 0 Å². The Morgan fingerprint density at radius 3 is 2.55 bits per heavy atom. The van der Waals surface area contributed by atoms with E-state index in [9.17, 15) is 14.7 Å². The molecule has 8 nitrogen and oxygen atoms in total. The van der Waals surface area contributed by atoms with Gasteiger partial charge in [-0.15, -0.1) is 0 Å². The third kappa shape index (κ3) is 3.36. The van der Waals surface area contributed by atoms with E-state index >= 15 is 0 Å². The predicted octanol–water partition coefficient (Wildman–Crippen LogP) is 2.14. The second-order valence-electron chi connectivity index (χ2n) is 6.75. The van der Waals surface area contributed by atoms with Crippen molar-refractivity contribution in [2.45, 2.75) is 6.10 Å². The molecule has 8 heteroatoms. The topological polar surface area (TPSA) is 101 Å². The van der Waals surface area contributed by atoms with Crippen molar-refractivity contribution in [3.8, 4) is 23.0 Å². The minimum atomic E-state index is -1.24. The molecule has 2 aromatic carbocycles. The van der Waals surface area contributed by atoms with E-state index in [4.69, 9.17) is 23.7 Å². The maximum absolute atomic E-state index is 13.1. The molecule has 2 aliphatic heterocycles. The van der Waals surface area contributed by atoms with Crippen molar-refractivity contribution in [1.82, 2.24) is 0 Å². The second kappa shape index (κ2) is 7.63. The van der Waals surface area contributed by atoms with Gasteiger partial charge < -0.3 is 28.8 Å². The molecule has 2 aromatic rings. The maximum atomic E-state index is 13.1. The van der Waals surface area contributed by atoms with Crippen LogP contribution in [0.5, 0.6) is 23.0 Å². The number of esters is 1. The van der Waals surface area contributed by atoms with E-state index in [-0.39, 0.29) is 19.2 Å². The minimum absolute atomic E-state index is 0.0959. The fourth-order valence-corrected chi connectivity index (χ4v) is 3.63. The van der Waals surface area contributed by atoms with Gasteiger partial charge >= 0.3 is 5.97 Å². The van der Waals surface area contributed by atoms with Gasteiger partial charge in [0.1, 0.15) is 12.5 Å². The Morgan fingerprint density at radius 2 is 1.79 bits per heavy atom. The van der Waals surface area contributed by atoms with Crippen LogP contribution >= 0.6 is 0 Å². The summed E-state index contributed by atoms with van der Waals surface area (Å²) in [6, 6.07) is 9.67. The van der Waals surface area contributed by atoms with Gasteiger partial charge in [0.05, 0.1) is 26.2 Å². The molecule has 0 aromatic heterocycles. The van der Waals surface area contributed by atoms with Crippen molar-refractivity contribution in [2.75, 3.05) is 27.6 Å². The van der Waals surface area contributed by atoms with Gasteiger partial charge in [0.25, 0.3) is 0 Å².